The lowest BCUT2D eigenvalue weighted by atomic mass is 9.98. The first kappa shape index (κ1) is 13.9. The zero-order valence-corrected chi connectivity index (χ0v) is 11.4. The molecule has 2 nitrogen and oxygen atoms in total. The zero-order chi connectivity index (χ0) is 12.1. The van der Waals surface area contributed by atoms with E-state index >= 15 is 0 Å². The molecule has 90 valence electrons. The van der Waals surface area contributed by atoms with Crippen LogP contribution in [0.25, 0.3) is 0 Å². The van der Waals surface area contributed by atoms with Crippen LogP contribution in [0.15, 0.2) is 18.2 Å². The summed E-state index contributed by atoms with van der Waals surface area (Å²) in [6.07, 6.45) is 1.84. The number of benzene rings is 1. The van der Waals surface area contributed by atoms with Gasteiger partial charge in [-0.1, -0.05) is 19.8 Å². The van der Waals surface area contributed by atoms with Crippen molar-refractivity contribution in [2.75, 3.05) is 0 Å². The van der Waals surface area contributed by atoms with Crippen molar-refractivity contribution in [1.82, 2.24) is 0 Å². The Kier molecular flexibility index (Phi) is 5.64. The van der Waals surface area contributed by atoms with Crippen LogP contribution in [0.5, 0.6) is 0 Å². The first-order chi connectivity index (χ1) is 7.56. The molecule has 1 aromatic rings. The molecule has 0 spiro atoms. The van der Waals surface area contributed by atoms with Crippen molar-refractivity contribution in [3.8, 4) is 0 Å². The Morgan fingerprint density at radius 1 is 1.50 bits per heavy atom. The third-order valence-electron chi connectivity index (χ3n) is 2.59. The molecule has 0 unspecified atom stereocenters. The van der Waals surface area contributed by atoms with E-state index in [0.29, 0.717) is 12.0 Å². The smallest absolute Gasteiger partial charge is 0.128 e. The lowest BCUT2D eigenvalue weighted by molar-refractivity contribution is 0.131. The van der Waals surface area contributed by atoms with Gasteiger partial charge in [-0.2, -0.15) is 0 Å². The summed E-state index contributed by atoms with van der Waals surface area (Å²) in [5.41, 5.74) is 6.25. The normalized spacial score (nSPS) is 14.8. The van der Waals surface area contributed by atoms with Crippen LogP contribution in [0.3, 0.4) is 0 Å². The molecular formula is C12H17FINO. The van der Waals surface area contributed by atoms with E-state index in [1.54, 1.807) is 12.1 Å². The lowest BCUT2D eigenvalue weighted by Gasteiger charge is -2.19. The zero-order valence-electron chi connectivity index (χ0n) is 9.29. The number of halogens is 2. The van der Waals surface area contributed by atoms with Crippen LogP contribution in [0.4, 0.5) is 4.39 Å². The minimum Gasteiger partial charge on any atom is -0.391 e. The lowest BCUT2D eigenvalue weighted by Crippen LogP contribution is -2.27. The van der Waals surface area contributed by atoms with Gasteiger partial charge in [0.25, 0.3) is 0 Å². The second-order valence-corrected chi connectivity index (χ2v) is 5.15. The summed E-state index contributed by atoms with van der Waals surface area (Å²) < 4.78 is 14.4. The van der Waals surface area contributed by atoms with Crippen molar-refractivity contribution < 1.29 is 9.50 Å². The molecule has 16 heavy (non-hydrogen) atoms. The quantitative estimate of drug-likeness (QED) is 0.812. The Labute approximate surface area is 109 Å². The monoisotopic (exact) mass is 337 g/mol. The van der Waals surface area contributed by atoms with Gasteiger partial charge >= 0.3 is 0 Å². The Morgan fingerprint density at radius 3 is 2.81 bits per heavy atom. The molecule has 0 amide bonds. The van der Waals surface area contributed by atoms with E-state index in [4.69, 9.17) is 5.73 Å². The Bertz CT molecular complexity index is 346. The maximum absolute atomic E-state index is 13.5. The maximum Gasteiger partial charge on any atom is 0.128 e. The highest BCUT2D eigenvalue weighted by Gasteiger charge is 2.19. The molecule has 4 heteroatoms. The van der Waals surface area contributed by atoms with E-state index in [0.717, 1.165) is 16.4 Å². The fourth-order valence-corrected chi connectivity index (χ4v) is 2.09. The number of hydrogen-bond acceptors (Lipinski definition) is 2. The molecule has 0 radical (unpaired) electrons. The van der Waals surface area contributed by atoms with E-state index in [-0.39, 0.29) is 5.82 Å². The van der Waals surface area contributed by atoms with Crippen molar-refractivity contribution in [2.45, 2.75) is 38.3 Å². The molecule has 1 rings (SSSR count). The van der Waals surface area contributed by atoms with Crippen LogP contribution in [-0.4, -0.2) is 11.2 Å². The molecule has 2 atom stereocenters. The highest BCUT2D eigenvalue weighted by molar-refractivity contribution is 14.1. The second-order valence-electron chi connectivity index (χ2n) is 3.90. The fourth-order valence-electron chi connectivity index (χ4n) is 1.57. The van der Waals surface area contributed by atoms with Crippen LogP contribution in [-0.2, 0) is 0 Å². The Morgan fingerprint density at radius 2 is 2.19 bits per heavy atom. The summed E-state index contributed by atoms with van der Waals surface area (Å²) in [6, 6.07) is 4.13. The second kappa shape index (κ2) is 6.51. The molecule has 0 saturated heterocycles. The van der Waals surface area contributed by atoms with Gasteiger partial charge in [-0.15, -0.1) is 0 Å². The molecule has 0 saturated carbocycles. The maximum atomic E-state index is 13.5. The predicted molar refractivity (Wildman–Crippen MR) is 71.6 cm³/mol. The number of hydrogen-bond donors (Lipinski definition) is 2. The topological polar surface area (TPSA) is 46.2 Å². The van der Waals surface area contributed by atoms with Crippen LogP contribution in [0.2, 0.25) is 0 Å². The molecule has 0 bridgehead atoms. The summed E-state index contributed by atoms with van der Waals surface area (Å²) in [7, 11) is 0. The molecule has 0 aliphatic carbocycles. The SMILES string of the molecule is CCCC[C@H](O)[C@H](N)c1cc(I)ccc1F. The standard InChI is InChI=1S/C12H17FINO/c1-2-3-4-11(16)12(15)9-7-8(14)5-6-10(9)13/h5-7,11-12,16H,2-4,15H2,1H3/t11-,12+/m0/s1. The van der Waals surface area contributed by atoms with Crippen molar-refractivity contribution in [1.29, 1.82) is 0 Å². The molecular weight excluding hydrogens is 320 g/mol. The van der Waals surface area contributed by atoms with Crippen LogP contribution in [0.1, 0.15) is 37.8 Å². The summed E-state index contributed by atoms with van der Waals surface area (Å²) in [4.78, 5) is 0. The Balaban J connectivity index is 2.78. The van der Waals surface area contributed by atoms with E-state index in [9.17, 15) is 9.50 Å². The third kappa shape index (κ3) is 3.68. The molecule has 0 aliphatic heterocycles. The van der Waals surface area contributed by atoms with E-state index in [2.05, 4.69) is 22.6 Å². The molecule has 1 aromatic carbocycles. The number of nitrogens with two attached hydrogens (primary N) is 1. The summed E-state index contributed by atoms with van der Waals surface area (Å²) in [5.74, 6) is -0.344. The van der Waals surface area contributed by atoms with Crippen LogP contribution in [0, 0.1) is 9.39 Å². The van der Waals surface area contributed by atoms with E-state index in [1.165, 1.54) is 6.07 Å². The first-order valence-electron chi connectivity index (χ1n) is 5.44. The van der Waals surface area contributed by atoms with Crippen molar-refractivity contribution >= 4 is 22.6 Å². The van der Waals surface area contributed by atoms with Gasteiger partial charge in [0, 0.05) is 9.13 Å². The minimum atomic E-state index is -0.673. The largest absolute Gasteiger partial charge is 0.391 e. The minimum absolute atomic E-state index is 0.344. The summed E-state index contributed by atoms with van der Waals surface area (Å²) in [5, 5.41) is 9.82. The number of aliphatic hydroxyl groups excluding tert-OH is 1. The summed E-state index contributed by atoms with van der Waals surface area (Å²) in [6.45, 7) is 2.05. The van der Waals surface area contributed by atoms with Crippen molar-refractivity contribution in [2.24, 2.45) is 5.73 Å². The first-order valence-corrected chi connectivity index (χ1v) is 6.52. The molecule has 0 fully saturated rings. The average Bonchev–Trinajstić information content (AvgIpc) is 2.28. The summed E-state index contributed by atoms with van der Waals surface area (Å²) >= 11 is 2.10. The van der Waals surface area contributed by atoms with Gasteiger partial charge in [0.05, 0.1) is 12.1 Å². The number of aliphatic hydroxyl groups is 1. The number of unbranched alkanes of at least 4 members (excludes halogenated alkanes) is 1. The van der Waals surface area contributed by atoms with Crippen LogP contribution >= 0.6 is 22.6 Å². The molecule has 0 heterocycles. The Hall–Kier alpha value is -0.200. The highest BCUT2D eigenvalue weighted by Crippen LogP contribution is 2.22. The third-order valence-corrected chi connectivity index (χ3v) is 3.26. The van der Waals surface area contributed by atoms with Crippen molar-refractivity contribution in [3.63, 3.8) is 0 Å². The van der Waals surface area contributed by atoms with Crippen LogP contribution < -0.4 is 5.73 Å². The van der Waals surface area contributed by atoms with Crippen molar-refractivity contribution in [3.05, 3.63) is 33.1 Å². The highest BCUT2D eigenvalue weighted by atomic mass is 127. The van der Waals surface area contributed by atoms with Gasteiger partial charge in [-0.05, 0) is 47.2 Å². The molecule has 3 N–H and O–H groups in total. The van der Waals surface area contributed by atoms with Gasteiger partial charge < -0.3 is 10.8 Å². The van der Waals surface area contributed by atoms with Gasteiger partial charge in [0.15, 0.2) is 0 Å². The fraction of sp³-hybridized carbons (Fsp3) is 0.500. The van der Waals surface area contributed by atoms with E-state index in [1.807, 2.05) is 6.92 Å². The van der Waals surface area contributed by atoms with Gasteiger partial charge in [-0.3, -0.25) is 0 Å². The predicted octanol–water partition coefficient (Wildman–Crippen LogP) is 2.98. The number of rotatable bonds is 5. The molecule has 0 aliphatic rings. The van der Waals surface area contributed by atoms with Gasteiger partial charge in [0.2, 0.25) is 0 Å². The van der Waals surface area contributed by atoms with Gasteiger partial charge in [0.1, 0.15) is 5.82 Å². The molecule has 0 aromatic heterocycles. The van der Waals surface area contributed by atoms with Gasteiger partial charge in [-0.25, -0.2) is 4.39 Å². The van der Waals surface area contributed by atoms with E-state index < -0.39 is 12.1 Å². The average molecular weight is 337 g/mol.